The van der Waals surface area contributed by atoms with Gasteiger partial charge in [0, 0.05) is 6.42 Å². The van der Waals surface area contributed by atoms with E-state index in [1.165, 1.54) is 25.3 Å². The Morgan fingerprint density at radius 1 is 1.35 bits per heavy atom. The molecular formula is C10H11Cl2NO3S. The highest BCUT2D eigenvalue weighted by atomic mass is 35.5. The Balaban J connectivity index is 2.90. The standard InChI is InChI=1S/C10H11Cl2NO3S/c1-16-10(13)4-5-17(14,15)7-2-3-8(11)9(12)6-7/h2-3,6,13H,4-5H2,1H3. The number of hydrogen-bond acceptors (Lipinski definition) is 4. The van der Waals surface area contributed by atoms with Crippen molar-refractivity contribution in [3.63, 3.8) is 0 Å². The van der Waals surface area contributed by atoms with Gasteiger partial charge >= 0.3 is 0 Å². The Bertz CT molecular complexity index is 528. The predicted octanol–water partition coefficient (Wildman–Crippen LogP) is 2.78. The number of halogens is 2. The monoisotopic (exact) mass is 295 g/mol. The topological polar surface area (TPSA) is 67.2 Å². The zero-order valence-corrected chi connectivity index (χ0v) is 11.4. The largest absolute Gasteiger partial charge is 0.484 e. The predicted molar refractivity (Wildman–Crippen MR) is 67.9 cm³/mol. The van der Waals surface area contributed by atoms with E-state index in [1.807, 2.05) is 0 Å². The highest BCUT2D eigenvalue weighted by Gasteiger charge is 2.16. The minimum Gasteiger partial charge on any atom is -0.484 e. The molecule has 94 valence electrons. The van der Waals surface area contributed by atoms with E-state index in [9.17, 15) is 8.42 Å². The van der Waals surface area contributed by atoms with E-state index in [0.717, 1.165) is 0 Å². The summed E-state index contributed by atoms with van der Waals surface area (Å²) in [6, 6.07) is 4.12. The lowest BCUT2D eigenvalue weighted by Crippen LogP contribution is -2.12. The van der Waals surface area contributed by atoms with Crippen LogP contribution in [0.15, 0.2) is 23.1 Å². The summed E-state index contributed by atoms with van der Waals surface area (Å²) in [7, 11) is -2.14. The molecule has 0 radical (unpaired) electrons. The van der Waals surface area contributed by atoms with Crippen molar-refractivity contribution >= 4 is 38.9 Å². The minimum atomic E-state index is -3.47. The fourth-order valence-electron chi connectivity index (χ4n) is 1.12. The molecule has 7 heteroatoms. The summed E-state index contributed by atoms with van der Waals surface area (Å²) in [5.41, 5.74) is 0. The first kappa shape index (κ1) is 14.3. The van der Waals surface area contributed by atoms with Crippen LogP contribution in [0.4, 0.5) is 0 Å². The van der Waals surface area contributed by atoms with Crippen molar-refractivity contribution in [1.29, 1.82) is 5.41 Å². The number of ether oxygens (including phenoxy) is 1. The molecule has 0 bridgehead atoms. The molecule has 0 aromatic heterocycles. The SMILES string of the molecule is COC(=N)CCS(=O)(=O)c1ccc(Cl)c(Cl)c1. The molecule has 0 saturated carbocycles. The molecular weight excluding hydrogens is 285 g/mol. The van der Waals surface area contributed by atoms with Crippen molar-refractivity contribution in [3.05, 3.63) is 28.2 Å². The number of hydrogen-bond donors (Lipinski definition) is 1. The molecule has 0 aliphatic carbocycles. The highest BCUT2D eigenvalue weighted by Crippen LogP contribution is 2.25. The third-order valence-electron chi connectivity index (χ3n) is 2.09. The van der Waals surface area contributed by atoms with Crippen molar-refractivity contribution in [2.75, 3.05) is 12.9 Å². The lowest BCUT2D eigenvalue weighted by molar-refractivity contribution is 0.388. The lowest BCUT2D eigenvalue weighted by atomic mass is 10.4. The molecule has 0 heterocycles. The number of benzene rings is 1. The molecule has 0 unspecified atom stereocenters. The van der Waals surface area contributed by atoms with Crippen LogP contribution in [0, 0.1) is 5.41 Å². The Kier molecular flexibility index (Phi) is 4.80. The van der Waals surface area contributed by atoms with Crippen LogP contribution in [-0.2, 0) is 14.6 Å². The number of methoxy groups -OCH3 is 1. The first-order chi connectivity index (χ1) is 7.86. The van der Waals surface area contributed by atoms with E-state index < -0.39 is 9.84 Å². The number of sulfone groups is 1. The fourth-order valence-corrected chi connectivity index (χ4v) is 2.74. The third kappa shape index (κ3) is 3.87. The summed E-state index contributed by atoms with van der Waals surface area (Å²) in [4.78, 5) is 0.0933. The molecule has 0 atom stereocenters. The molecule has 0 fully saturated rings. The maximum absolute atomic E-state index is 11.9. The van der Waals surface area contributed by atoms with Crippen LogP contribution in [0.25, 0.3) is 0 Å². The van der Waals surface area contributed by atoms with Gasteiger partial charge in [0.05, 0.1) is 27.8 Å². The van der Waals surface area contributed by atoms with Crippen LogP contribution < -0.4 is 0 Å². The highest BCUT2D eigenvalue weighted by molar-refractivity contribution is 7.91. The Hall–Kier alpha value is -0.780. The van der Waals surface area contributed by atoms with Crippen molar-refractivity contribution in [2.45, 2.75) is 11.3 Å². The van der Waals surface area contributed by atoms with Gasteiger partial charge in [0.25, 0.3) is 0 Å². The molecule has 4 nitrogen and oxygen atoms in total. The van der Waals surface area contributed by atoms with Gasteiger partial charge in [0.1, 0.15) is 0 Å². The van der Waals surface area contributed by atoms with Crippen LogP contribution in [0.5, 0.6) is 0 Å². The van der Waals surface area contributed by atoms with Gasteiger partial charge in [-0.05, 0) is 18.2 Å². The van der Waals surface area contributed by atoms with Crippen molar-refractivity contribution in [3.8, 4) is 0 Å². The summed E-state index contributed by atoms with van der Waals surface area (Å²) >= 11 is 11.4. The van der Waals surface area contributed by atoms with Crippen molar-refractivity contribution < 1.29 is 13.2 Å². The van der Waals surface area contributed by atoms with Gasteiger partial charge in [-0.3, -0.25) is 5.41 Å². The molecule has 1 N–H and O–H groups in total. The van der Waals surface area contributed by atoms with Gasteiger partial charge in [-0.25, -0.2) is 8.42 Å². The second-order valence-electron chi connectivity index (χ2n) is 3.27. The van der Waals surface area contributed by atoms with Crippen LogP contribution in [0.1, 0.15) is 6.42 Å². The third-order valence-corrected chi connectivity index (χ3v) is 4.55. The summed E-state index contributed by atoms with van der Waals surface area (Å²) in [5, 5.41) is 7.71. The second kappa shape index (κ2) is 5.71. The van der Waals surface area contributed by atoms with Gasteiger partial charge in [-0.2, -0.15) is 0 Å². The summed E-state index contributed by atoms with van der Waals surface area (Å²) in [5.74, 6) is -0.272. The normalized spacial score (nSPS) is 11.2. The Morgan fingerprint density at radius 2 is 2.00 bits per heavy atom. The number of rotatable bonds is 4. The lowest BCUT2D eigenvalue weighted by Gasteiger charge is -2.06. The number of nitrogens with one attached hydrogen (secondary N) is 1. The van der Waals surface area contributed by atoms with E-state index in [0.29, 0.717) is 5.02 Å². The summed E-state index contributed by atoms with van der Waals surface area (Å²) in [6.45, 7) is 0. The van der Waals surface area contributed by atoms with E-state index in [2.05, 4.69) is 4.74 Å². The van der Waals surface area contributed by atoms with Gasteiger partial charge < -0.3 is 4.74 Å². The molecule has 1 aromatic rings. The smallest absolute Gasteiger partial charge is 0.181 e. The first-order valence-corrected chi connectivity index (χ1v) is 7.07. The van der Waals surface area contributed by atoms with Gasteiger partial charge in [-0.1, -0.05) is 23.2 Å². The van der Waals surface area contributed by atoms with E-state index in [-0.39, 0.29) is 28.0 Å². The molecule has 1 aromatic carbocycles. The fraction of sp³-hybridized carbons (Fsp3) is 0.300. The summed E-state index contributed by atoms with van der Waals surface area (Å²) in [6.07, 6.45) is 0.0269. The van der Waals surface area contributed by atoms with E-state index in [1.54, 1.807) is 0 Å². The van der Waals surface area contributed by atoms with E-state index in [4.69, 9.17) is 28.6 Å². The first-order valence-electron chi connectivity index (χ1n) is 4.66. The molecule has 0 aliphatic heterocycles. The average molecular weight is 296 g/mol. The van der Waals surface area contributed by atoms with Crippen LogP contribution in [-0.4, -0.2) is 27.2 Å². The molecule has 0 saturated heterocycles. The van der Waals surface area contributed by atoms with Crippen molar-refractivity contribution in [2.24, 2.45) is 0 Å². The molecule has 0 spiro atoms. The molecule has 1 rings (SSSR count). The van der Waals surface area contributed by atoms with Gasteiger partial charge in [-0.15, -0.1) is 0 Å². The maximum atomic E-state index is 11.9. The molecule has 0 aliphatic rings. The van der Waals surface area contributed by atoms with Crippen LogP contribution in [0.2, 0.25) is 10.0 Å². The molecule has 17 heavy (non-hydrogen) atoms. The van der Waals surface area contributed by atoms with Crippen LogP contribution >= 0.6 is 23.2 Å². The maximum Gasteiger partial charge on any atom is 0.181 e. The van der Waals surface area contributed by atoms with Crippen LogP contribution in [0.3, 0.4) is 0 Å². The van der Waals surface area contributed by atoms with Gasteiger partial charge in [0.15, 0.2) is 15.7 Å². The Morgan fingerprint density at radius 3 is 2.53 bits per heavy atom. The molecule has 0 amide bonds. The van der Waals surface area contributed by atoms with Crippen molar-refractivity contribution in [1.82, 2.24) is 0 Å². The Labute approximate surface area is 110 Å². The average Bonchev–Trinajstić information content (AvgIpc) is 2.29. The van der Waals surface area contributed by atoms with Gasteiger partial charge in [0.2, 0.25) is 0 Å². The summed E-state index contributed by atoms with van der Waals surface area (Å²) < 4.78 is 28.3. The van der Waals surface area contributed by atoms with E-state index >= 15 is 0 Å². The minimum absolute atomic E-state index is 0.0269. The second-order valence-corrected chi connectivity index (χ2v) is 6.20. The quantitative estimate of drug-likeness (QED) is 0.686. The zero-order chi connectivity index (χ0) is 13.1. The zero-order valence-electron chi connectivity index (χ0n) is 9.04.